The molecule has 0 saturated carbocycles. The largest absolute Gasteiger partial charge is 0.497 e. The molecule has 0 bridgehead atoms. The van der Waals surface area contributed by atoms with Crippen molar-refractivity contribution < 1.29 is 18.8 Å². The number of rotatable bonds is 7. The fourth-order valence-corrected chi connectivity index (χ4v) is 3.53. The van der Waals surface area contributed by atoms with Gasteiger partial charge in [0.15, 0.2) is 11.5 Å². The number of amides is 1. The zero-order chi connectivity index (χ0) is 22.7. The summed E-state index contributed by atoms with van der Waals surface area (Å²) in [6.07, 6.45) is 0. The Kier molecular flexibility index (Phi) is 5.93. The van der Waals surface area contributed by atoms with Crippen molar-refractivity contribution in [1.29, 1.82) is 0 Å². The van der Waals surface area contributed by atoms with E-state index in [0.717, 1.165) is 22.6 Å². The molecule has 164 valence electrons. The first-order valence-corrected chi connectivity index (χ1v) is 10.1. The Bertz CT molecular complexity index is 1240. The van der Waals surface area contributed by atoms with E-state index in [-0.39, 0.29) is 11.6 Å². The van der Waals surface area contributed by atoms with Gasteiger partial charge in [-0.05, 0) is 44.2 Å². The molecule has 1 amide bonds. The van der Waals surface area contributed by atoms with Crippen LogP contribution in [0.2, 0.25) is 0 Å². The highest BCUT2D eigenvalue weighted by atomic mass is 16.5. The molecule has 0 atom stereocenters. The lowest BCUT2D eigenvalue weighted by Crippen LogP contribution is -2.23. The maximum Gasteiger partial charge on any atom is 0.273 e. The van der Waals surface area contributed by atoms with Gasteiger partial charge < -0.3 is 19.3 Å². The number of benzene rings is 2. The highest BCUT2D eigenvalue weighted by Crippen LogP contribution is 2.33. The highest BCUT2D eigenvalue weighted by Gasteiger charge is 2.19. The zero-order valence-corrected chi connectivity index (χ0v) is 18.4. The number of carbonyl (C=O) groups is 1. The smallest absolute Gasteiger partial charge is 0.273 e. The van der Waals surface area contributed by atoms with Crippen LogP contribution in [0.15, 0.2) is 59.1 Å². The minimum atomic E-state index is -0.340. The van der Waals surface area contributed by atoms with Crippen LogP contribution in [0.1, 0.15) is 27.4 Å². The molecule has 0 spiro atoms. The summed E-state index contributed by atoms with van der Waals surface area (Å²) in [5.41, 5.74) is 4.58. The Morgan fingerprint density at radius 2 is 1.84 bits per heavy atom. The Balaban J connectivity index is 1.51. The van der Waals surface area contributed by atoms with Crippen molar-refractivity contribution in [3.05, 3.63) is 77.2 Å². The van der Waals surface area contributed by atoms with Crippen LogP contribution in [0.5, 0.6) is 11.5 Å². The molecule has 4 rings (SSSR count). The molecule has 2 aromatic carbocycles. The number of aryl methyl sites for hydroxylation is 1. The lowest BCUT2D eigenvalue weighted by Gasteiger charge is -2.07. The topological polar surface area (TPSA) is 91.4 Å². The molecule has 0 radical (unpaired) electrons. The van der Waals surface area contributed by atoms with E-state index >= 15 is 0 Å². The molecular formula is C24H24N4O4. The lowest BCUT2D eigenvalue weighted by molar-refractivity contribution is 0.0942. The van der Waals surface area contributed by atoms with Gasteiger partial charge >= 0.3 is 0 Å². The average molecular weight is 432 g/mol. The first-order valence-electron chi connectivity index (χ1n) is 10.1. The third-order valence-electron chi connectivity index (χ3n) is 5.28. The Morgan fingerprint density at radius 3 is 2.56 bits per heavy atom. The summed E-state index contributed by atoms with van der Waals surface area (Å²) in [4.78, 5) is 12.7. The van der Waals surface area contributed by atoms with Crippen molar-refractivity contribution in [2.75, 3.05) is 14.2 Å². The second-order valence-corrected chi connectivity index (χ2v) is 7.22. The fourth-order valence-electron chi connectivity index (χ4n) is 3.53. The Labute approximate surface area is 185 Å². The Morgan fingerprint density at radius 1 is 1.06 bits per heavy atom. The minimum Gasteiger partial charge on any atom is -0.497 e. The predicted octanol–water partition coefficient (Wildman–Crippen LogP) is 4.09. The number of nitrogens with zero attached hydrogens (tertiary/aromatic N) is 3. The first-order chi connectivity index (χ1) is 15.5. The van der Waals surface area contributed by atoms with Crippen LogP contribution in [0.4, 0.5) is 0 Å². The summed E-state index contributed by atoms with van der Waals surface area (Å²) in [6, 6.07) is 16.8. The molecule has 8 heteroatoms. The molecule has 0 saturated heterocycles. The number of ether oxygens (including phenoxy) is 2. The zero-order valence-electron chi connectivity index (χ0n) is 18.4. The molecular weight excluding hydrogens is 408 g/mol. The SMILES string of the molecule is COc1ccc(OC)c(-c2cc(C(=O)NCc3c(C)nn(-c4ccccc4)c3C)no2)c1. The molecule has 0 aliphatic rings. The monoisotopic (exact) mass is 432 g/mol. The molecule has 0 fully saturated rings. The average Bonchev–Trinajstić information content (AvgIpc) is 3.42. The summed E-state index contributed by atoms with van der Waals surface area (Å²) in [5, 5.41) is 11.5. The number of methoxy groups -OCH3 is 2. The maximum atomic E-state index is 12.7. The van der Waals surface area contributed by atoms with Crippen molar-refractivity contribution in [1.82, 2.24) is 20.3 Å². The molecule has 2 heterocycles. The summed E-state index contributed by atoms with van der Waals surface area (Å²) < 4.78 is 17.9. The van der Waals surface area contributed by atoms with Crippen molar-refractivity contribution in [3.63, 3.8) is 0 Å². The van der Waals surface area contributed by atoms with E-state index in [4.69, 9.17) is 14.0 Å². The molecule has 8 nitrogen and oxygen atoms in total. The quantitative estimate of drug-likeness (QED) is 0.473. The molecule has 32 heavy (non-hydrogen) atoms. The summed E-state index contributed by atoms with van der Waals surface area (Å²) >= 11 is 0. The van der Waals surface area contributed by atoms with Crippen LogP contribution in [0.25, 0.3) is 17.0 Å². The minimum absolute atomic E-state index is 0.177. The van der Waals surface area contributed by atoms with Gasteiger partial charge in [0.2, 0.25) is 0 Å². The van der Waals surface area contributed by atoms with Crippen LogP contribution in [0.3, 0.4) is 0 Å². The van der Waals surface area contributed by atoms with E-state index in [1.807, 2.05) is 48.9 Å². The molecule has 4 aromatic rings. The third-order valence-corrected chi connectivity index (χ3v) is 5.28. The first kappa shape index (κ1) is 21.2. The van der Waals surface area contributed by atoms with Crippen molar-refractivity contribution in [2.24, 2.45) is 0 Å². The maximum absolute atomic E-state index is 12.7. The predicted molar refractivity (Wildman–Crippen MR) is 119 cm³/mol. The van der Waals surface area contributed by atoms with Crippen molar-refractivity contribution in [3.8, 4) is 28.5 Å². The van der Waals surface area contributed by atoms with Gasteiger partial charge in [-0.3, -0.25) is 4.79 Å². The van der Waals surface area contributed by atoms with E-state index < -0.39 is 0 Å². The van der Waals surface area contributed by atoms with E-state index in [1.165, 1.54) is 0 Å². The van der Waals surface area contributed by atoms with E-state index in [9.17, 15) is 4.79 Å². The summed E-state index contributed by atoms with van der Waals surface area (Å²) in [7, 11) is 3.14. The van der Waals surface area contributed by atoms with Gasteiger partial charge in [0.25, 0.3) is 5.91 Å². The van der Waals surface area contributed by atoms with E-state index in [1.54, 1.807) is 38.5 Å². The van der Waals surface area contributed by atoms with Gasteiger partial charge in [-0.15, -0.1) is 0 Å². The fraction of sp³-hybridized carbons (Fsp3) is 0.208. The molecule has 2 aromatic heterocycles. The Hall–Kier alpha value is -4.07. The van der Waals surface area contributed by atoms with E-state index in [0.29, 0.717) is 29.4 Å². The molecule has 0 aliphatic heterocycles. The summed E-state index contributed by atoms with van der Waals surface area (Å²) in [5.74, 6) is 1.31. The highest BCUT2D eigenvalue weighted by molar-refractivity contribution is 5.93. The molecule has 0 aliphatic carbocycles. The van der Waals surface area contributed by atoms with Gasteiger partial charge in [-0.2, -0.15) is 5.10 Å². The molecule has 1 N–H and O–H groups in total. The van der Waals surface area contributed by atoms with E-state index in [2.05, 4.69) is 15.6 Å². The standard InChI is InChI=1S/C24H24N4O4/c1-15-20(16(2)28(26-15)17-8-6-5-7-9-17)14-25-24(29)21-13-23(32-27-21)19-12-18(30-3)10-11-22(19)31-4/h5-13H,14H2,1-4H3,(H,25,29). The lowest BCUT2D eigenvalue weighted by atomic mass is 10.1. The second kappa shape index (κ2) is 8.97. The number of hydrogen-bond donors (Lipinski definition) is 1. The normalized spacial score (nSPS) is 10.8. The van der Waals surface area contributed by atoms with Crippen LogP contribution in [-0.4, -0.2) is 35.1 Å². The summed E-state index contributed by atoms with van der Waals surface area (Å²) in [6.45, 7) is 4.24. The molecule has 0 unspecified atom stereocenters. The van der Waals surface area contributed by atoms with Crippen LogP contribution >= 0.6 is 0 Å². The van der Waals surface area contributed by atoms with Gasteiger partial charge in [0.05, 0.1) is 31.2 Å². The number of hydrogen-bond acceptors (Lipinski definition) is 6. The number of aromatic nitrogens is 3. The van der Waals surface area contributed by atoms with Gasteiger partial charge in [-0.1, -0.05) is 23.4 Å². The van der Waals surface area contributed by atoms with Gasteiger partial charge in [0, 0.05) is 23.9 Å². The van der Waals surface area contributed by atoms with Crippen LogP contribution in [-0.2, 0) is 6.54 Å². The van der Waals surface area contributed by atoms with Crippen molar-refractivity contribution in [2.45, 2.75) is 20.4 Å². The third kappa shape index (κ3) is 4.07. The van der Waals surface area contributed by atoms with Crippen molar-refractivity contribution >= 4 is 5.91 Å². The second-order valence-electron chi connectivity index (χ2n) is 7.22. The van der Waals surface area contributed by atoms with Crippen LogP contribution in [0, 0.1) is 13.8 Å². The number of carbonyl (C=O) groups excluding carboxylic acids is 1. The number of para-hydroxylation sites is 1. The number of nitrogens with one attached hydrogen (secondary N) is 1. The van der Waals surface area contributed by atoms with Gasteiger partial charge in [-0.25, -0.2) is 4.68 Å². The van der Waals surface area contributed by atoms with Crippen LogP contribution < -0.4 is 14.8 Å². The van der Waals surface area contributed by atoms with Gasteiger partial charge in [0.1, 0.15) is 11.5 Å².